The molecule has 0 aliphatic carbocycles. The van der Waals surface area contributed by atoms with Crippen molar-refractivity contribution < 1.29 is 15.0 Å². The van der Waals surface area contributed by atoms with Gasteiger partial charge in [0.25, 0.3) is 0 Å². The summed E-state index contributed by atoms with van der Waals surface area (Å²) in [5.74, 6) is -0.0190. The Bertz CT molecular complexity index is 1170. The maximum absolute atomic E-state index is 12.6. The maximum Gasteiger partial charge on any atom is 0.220 e. The van der Waals surface area contributed by atoms with Gasteiger partial charge in [0, 0.05) is 6.42 Å². The third-order valence-electron chi connectivity index (χ3n) is 18.8. The van der Waals surface area contributed by atoms with Crippen LogP contribution >= 0.6 is 0 Å². The smallest absolute Gasteiger partial charge is 0.220 e. The zero-order valence-corrected chi connectivity index (χ0v) is 56.8. The van der Waals surface area contributed by atoms with Gasteiger partial charge in [0.2, 0.25) is 5.91 Å². The Balaban J connectivity index is 3.34. The van der Waals surface area contributed by atoms with Crippen molar-refractivity contribution in [3.05, 3.63) is 12.2 Å². The van der Waals surface area contributed by atoms with E-state index in [-0.39, 0.29) is 12.5 Å². The molecule has 82 heavy (non-hydrogen) atoms. The van der Waals surface area contributed by atoms with Crippen LogP contribution in [0.3, 0.4) is 0 Å². The second-order valence-corrected chi connectivity index (χ2v) is 27.1. The first kappa shape index (κ1) is 81.1. The van der Waals surface area contributed by atoms with E-state index in [4.69, 9.17) is 0 Å². The van der Waals surface area contributed by atoms with Gasteiger partial charge in [0.05, 0.1) is 18.8 Å². The molecule has 0 rings (SSSR count). The number of carbonyl (C=O) groups is 1. The lowest BCUT2D eigenvalue weighted by molar-refractivity contribution is -0.123. The monoisotopic (exact) mass is 1150 g/mol. The van der Waals surface area contributed by atoms with Crippen molar-refractivity contribution in [3.63, 3.8) is 0 Å². The molecule has 490 valence electrons. The molecule has 4 nitrogen and oxygen atoms in total. The highest BCUT2D eigenvalue weighted by molar-refractivity contribution is 5.76. The molecular formula is C78H155NO3. The van der Waals surface area contributed by atoms with Crippen molar-refractivity contribution in [2.24, 2.45) is 0 Å². The number of hydrogen-bond donors (Lipinski definition) is 3. The minimum Gasteiger partial charge on any atom is -0.394 e. The molecule has 0 saturated heterocycles. The topological polar surface area (TPSA) is 69.6 Å². The normalized spacial score (nSPS) is 12.6. The van der Waals surface area contributed by atoms with Crippen LogP contribution in [0.2, 0.25) is 0 Å². The zero-order chi connectivity index (χ0) is 59.1. The second kappa shape index (κ2) is 74.4. The molecular weight excluding hydrogens is 999 g/mol. The van der Waals surface area contributed by atoms with E-state index < -0.39 is 12.1 Å². The van der Waals surface area contributed by atoms with Crippen molar-refractivity contribution in [2.45, 2.75) is 475 Å². The van der Waals surface area contributed by atoms with Crippen molar-refractivity contribution in [3.8, 4) is 0 Å². The molecule has 0 spiro atoms. The van der Waals surface area contributed by atoms with E-state index in [0.717, 1.165) is 25.7 Å². The summed E-state index contributed by atoms with van der Waals surface area (Å²) in [4.78, 5) is 12.6. The predicted molar refractivity (Wildman–Crippen MR) is 369 cm³/mol. The van der Waals surface area contributed by atoms with Gasteiger partial charge < -0.3 is 15.5 Å². The quantitative estimate of drug-likeness (QED) is 0.0420. The van der Waals surface area contributed by atoms with Gasteiger partial charge in [-0.25, -0.2) is 0 Å². The molecule has 0 heterocycles. The minimum absolute atomic E-state index is 0.0190. The van der Waals surface area contributed by atoms with E-state index >= 15 is 0 Å². The van der Waals surface area contributed by atoms with Crippen molar-refractivity contribution in [1.29, 1.82) is 0 Å². The highest BCUT2D eigenvalue weighted by Gasteiger charge is 2.20. The molecule has 0 aromatic rings. The lowest BCUT2D eigenvalue weighted by Gasteiger charge is -2.22. The molecule has 0 saturated carbocycles. The van der Waals surface area contributed by atoms with Gasteiger partial charge in [-0.15, -0.1) is 0 Å². The number of allylic oxidation sites excluding steroid dienone is 2. The number of aliphatic hydroxyl groups excluding tert-OH is 2. The van der Waals surface area contributed by atoms with Gasteiger partial charge >= 0.3 is 0 Å². The summed E-state index contributed by atoms with van der Waals surface area (Å²) in [5.41, 5.74) is 0. The lowest BCUT2D eigenvalue weighted by Crippen LogP contribution is -2.45. The van der Waals surface area contributed by atoms with Crippen LogP contribution in [0.5, 0.6) is 0 Å². The number of carbonyl (C=O) groups excluding carboxylic acids is 1. The first-order chi connectivity index (χ1) is 40.7. The van der Waals surface area contributed by atoms with E-state index in [9.17, 15) is 15.0 Å². The Kier molecular flexibility index (Phi) is 73.6. The fourth-order valence-corrected chi connectivity index (χ4v) is 12.9. The van der Waals surface area contributed by atoms with Gasteiger partial charge in [-0.2, -0.15) is 0 Å². The zero-order valence-electron chi connectivity index (χ0n) is 56.8. The number of nitrogens with one attached hydrogen (secondary N) is 1. The Hall–Kier alpha value is -0.870. The van der Waals surface area contributed by atoms with Gasteiger partial charge in [-0.05, 0) is 38.5 Å². The Morgan fingerprint density at radius 2 is 0.463 bits per heavy atom. The molecule has 0 aromatic heterocycles. The summed E-state index contributed by atoms with van der Waals surface area (Å²) >= 11 is 0. The Labute approximate surface area is 517 Å². The van der Waals surface area contributed by atoms with Crippen molar-refractivity contribution in [2.75, 3.05) is 6.61 Å². The number of rotatable bonds is 74. The third kappa shape index (κ3) is 69.9. The van der Waals surface area contributed by atoms with Crippen molar-refractivity contribution >= 4 is 5.91 Å². The fraction of sp³-hybridized carbons (Fsp3) is 0.962. The standard InChI is InChI=1S/C78H155NO3/c1-3-5-7-9-11-13-15-17-19-21-23-25-27-29-31-33-35-36-37-38-39-40-41-42-44-46-48-50-52-54-56-58-60-62-64-66-68-70-72-74-78(82)79-76(75-80)77(81)73-71-69-67-65-63-61-59-57-55-53-51-49-47-45-43-34-32-30-28-26-24-22-20-18-16-14-12-10-8-6-4-2/h21,23,76-77,80-81H,3-20,22,24-75H2,1-2H3,(H,79,82)/b23-21-. The first-order valence-electron chi connectivity index (χ1n) is 38.9. The number of amides is 1. The summed E-state index contributed by atoms with van der Waals surface area (Å²) in [6.45, 7) is 4.42. The van der Waals surface area contributed by atoms with Gasteiger partial charge in [-0.3, -0.25) is 4.79 Å². The van der Waals surface area contributed by atoms with E-state index in [0.29, 0.717) is 12.8 Å². The average Bonchev–Trinajstić information content (AvgIpc) is 3.50. The predicted octanol–water partition coefficient (Wildman–Crippen LogP) is 26.7. The van der Waals surface area contributed by atoms with E-state index in [2.05, 4.69) is 31.3 Å². The molecule has 2 atom stereocenters. The van der Waals surface area contributed by atoms with E-state index in [1.165, 1.54) is 411 Å². The molecule has 0 bridgehead atoms. The second-order valence-electron chi connectivity index (χ2n) is 27.1. The largest absolute Gasteiger partial charge is 0.394 e. The Morgan fingerprint density at radius 3 is 0.671 bits per heavy atom. The van der Waals surface area contributed by atoms with Crippen molar-refractivity contribution in [1.82, 2.24) is 5.32 Å². The number of hydrogen-bond acceptors (Lipinski definition) is 3. The molecule has 1 amide bonds. The molecule has 0 aliphatic heterocycles. The summed E-state index contributed by atoms with van der Waals surface area (Å²) in [5, 5.41) is 23.5. The maximum atomic E-state index is 12.6. The number of unbranched alkanes of at least 4 members (excludes halogenated alkanes) is 65. The summed E-state index contributed by atoms with van der Waals surface area (Å²) in [7, 11) is 0. The van der Waals surface area contributed by atoms with Gasteiger partial charge in [-0.1, -0.05) is 431 Å². The van der Waals surface area contributed by atoms with Crippen LogP contribution in [-0.4, -0.2) is 34.9 Å². The molecule has 0 fully saturated rings. The fourth-order valence-electron chi connectivity index (χ4n) is 12.9. The molecule has 2 unspecified atom stereocenters. The van der Waals surface area contributed by atoms with E-state index in [1.807, 2.05) is 0 Å². The molecule has 3 N–H and O–H groups in total. The summed E-state index contributed by atoms with van der Waals surface area (Å²) in [6.07, 6.45) is 100. The van der Waals surface area contributed by atoms with Crippen LogP contribution in [0, 0.1) is 0 Å². The van der Waals surface area contributed by atoms with Gasteiger partial charge in [0.15, 0.2) is 0 Å². The van der Waals surface area contributed by atoms with Gasteiger partial charge in [0.1, 0.15) is 0 Å². The van der Waals surface area contributed by atoms with Crippen LogP contribution < -0.4 is 5.32 Å². The van der Waals surface area contributed by atoms with Crippen LogP contribution in [0.1, 0.15) is 463 Å². The molecule has 0 radical (unpaired) electrons. The van der Waals surface area contributed by atoms with Crippen LogP contribution in [-0.2, 0) is 4.79 Å². The molecule has 0 aromatic carbocycles. The molecule has 0 aliphatic rings. The average molecular weight is 1160 g/mol. The highest BCUT2D eigenvalue weighted by Crippen LogP contribution is 2.21. The van der Waals surface area contributed by atoms with Crippen LogP contribution in [0.4, 0.5) is 0 Å². The summed E-state index contributed by atoms with van der Waals surface area (Å²) < 4.78 is 0. The van der Waals surface area contributed by atoms with E-state index in [1.54, 1.807) is 0 Å². The SMILES string of the molecule is CCCCCCCCCC/C=C\CCCCCCCCCCCCCCCCCCCCCCCCCCCCCC(=O)NC(CO)C(O)CCCCCCCCCCCCCCCCCCCCCCCCCCCCCCCCC. The Morgan fingerprint density at radius 1 is 0.280 bits per heavy atom. The number of aliphatic hydroxyl groups is 2. The first-order valence-corrected chi connectivity index (χ1v) is 38.9. The third-order valence-corrected chi connectivity index (χ3v) is 18.8. The molecule has 4 heteroatoms. The summed E-state index contributed by atoms with van der Waals surface area (Å²) in [6, 6.07) is -0.534. The lowest BCUT2D eigenvalue weighted by atomic mass is 10.0. The highest BCUT2D eigenvalue weighted by atomic mass is 16.3. The van der Waals surface area contributed by atoms with Crippen LogP contribution in [0.25, 0.3) is 0 Å². The van der Waals surface area contributed by atoms with Crippen LogP contribution in [0.15, 0.2) is 12.2 Å². The minimum atomic E-state index is -0.658.